The maximum Gasteiger partial charge on any atom is 0.241 e. The molecule has 1 rings (SSSR count). The van der Waals surface area contributed by atoms with Crippen LogP contribution in [0.5, 0.6) is 0 Å². The van der Waals surface area contributed by atoms with E-state index in [0.29, 0.717) is 4.60 Å². The number of nitro groups is 1. The third-order valence-corrected chi connectivity index (χ3v) is 2.33. The first-order valence-electron chi connectivity index (χ1n) is 3.81. The molecule has 78 valence electrons. The summed E-state index contributed by atoms with van der Waals surface area (Å²) in [6.07, 6.45) is -1.26. The Morgan fingerprint density at radius 2 is 2.21 bits per heavy atom. The molecule has 0 fully saturated rings. The van der Waals surface area contributed by atoms with Gasteiger partial charge in [0.05, 0.1) is 0 Å². The molecule has 0 spiro atoms. The highest BCUT2D eigenvalue weighted by atomic mass is 79.9. The molecule has 0 aliphatic carbocycles. The first kappa shape index (κ1) is 11.1. The summed E-state index contributed by atoms with van der Waals surface area (Å²) in [6, 6.07) is -1.11. The molecule has 2 unspecified atom stereocenters. The lowest BCUT2D eigenvalue weighted by atomic mass is 10.1. The summed E-state index contributed by atoms with van der Waals surface area (Å²) in [4.78, 5) is 11.1. The van der Waals surface area contributed by atoms with E-state index in [1.165, 1.54) is 11.7 Å². The Bertz CT molecular complexity index is 353. The highest BCUT2D eigenvalue weighted by Gasteiger charge is 2.30. The topological polar surface area (TPSA) is 94.1 Å². The second kappa shape index (κ2) is 4.01. The predicted molar refractivity (Wildman–Crippen MR) is 50.1 cm³/mol. The van der Waals surface area contributed by atoms with Crippen molar-refractivity contribution in [2.75, 3.05) is 0 Å². The average Bonchev–Trinajstić information content (AvgIpc) is 2.42. The van der Waals surface area contributed by atoms with Gasteiger partial charge in [-0.1, -0.05) is 0 Å². The van der Waals surface area contributed by atoms with Gasteiger partial charge in [-0.15, -0.1) is 5.10 Å². The standard InChI is InChI=1S/C6H9BrN4O3/c1-3(11(13)14)5(12)4-6(7)9-10(2)8-4/h3,5,12H,1-2H3. The van der Waals surface area contributed by atoms with Crippen LogP contribution in [0.4, 0.5) is 0 Å². The lowest BCUT2D eigenvalue weighted by molar-refractivity contribution is -0.531. The van der Waals surface area contributed by atoms with E-state index < -0.39 is 17.1 Å². The molecular weight excluding hydrogens is 256 g/mol. The Hall–Kier alpha value is -1.02. The minimum Gasteiger partial charge on any atom is -0.380 e. The fraction of sp³-hybridized carbons (Fsp3) is 0.667. The number of halogens is 1. The highest BCUT2D eigenvalue weighted by Crippen LogP contribution is 2.22. The van der Waals surface area contributed by atoms with Gasteiger partial charge in [-0.2, -0.15) is 9.90 Å². The van der Waals surface area contributed by atoms with E-state index in [0.717, 1.165) is 0 Å². The quantitative estimate of drug-likeness (QED) is 0.625. The lowest BCUT2D eigenvalue weighted by Gasteiger charge is -2.08. The normalized spacial score (nSPS) is 15.1. The number of aromatic nitrogens is 3. The molecular formula is C6H9BrN4O3. The molecule has 0 aliphatic rings. The molecule has 0 amide bonds. The summed E-state index contributed by atoms with van der Waals surface area (Å²) < 4.78 is 0.321. The molecule has 0 radical (unpaired) electrons. The smallest absolute Gasteiger partial charge is 0.241 e. The Labute approximate surface area is 88.0 Å². The van der Waals surface area contributed by atoms with E-state index in [9.17, 15) is 15.2 Å². The van der Waals surface area contributed by atoms with Crippen LogP contribution < -0.4 is 0 Å². The SMILES string of the molecule is CC(C(O)c1nn(C)nc1Br)[N+](=O)[O-]. The molecule has 0 aliphatic heterocycles. The molecule has 14 heavy (non-hydrogen) atoms. The number of rotatable bonds is 3. The predicted octanol–water partition coefficient (Wildman–Crippen LogP) is 0.276. The third-order valence-electron chi connectivity index (χ3n) is 1.77. The Kier molecular flexibility index (Phi) is 3.17. The molecule has 7 nitrogen and oxygen atoms in total. The molecule has 2 atom stereocenters. The lowest BCUT2D eigenvalue weighted by Crippen LogP contribution is -2.24. The summed E-state index contributed by atoms with van der Waals surface area (Å²) in [7, 11) is 1.57. The first-order chi connectivity index (χ1) is 6.43. The van der Waals surface area contributed by atoms with Crippen molar-refractivity contribution >= 4 is 15.9 Å². The number of aliphatic hydroxyl groups excluding tert-OH is 1. The van der Waals surface area contributed by atoms with Crippen LogP contribution in [0.1, 0.15) is 18.7 Å². The maximum atomic E-state index is 10.4. The van der Waals surface area contributed by atoms with Crippen LogP contribution in [-0.2, 0) is 7.05 Å². The molecule has 0 bridgehead atoms. The van der Waals surface area contributed by atoms with Crippen molar-refractivity contribution in [2.24, 2.45) is 7.05 Å². The van der Waals surface area contributed by atoms with Crippen LogP contribution in [0, 0.1) is 10.1 Å². The van der Waals surface area contributed by atoms with Gasteiger partial charge in [-0.25, -0.2) is 0 Å². The van der Waals surface area contributed by atoms with Gasteiger partial charge in [-0.05, 0) is 15.9 Å². The van der Waals surface area contributed by atoms with Gasteiger partial charge < -0.3 is 5.11 Å². The van der Waals surface area contributed by atoms with Crippen LogP contribution >= 0.6 is 15.9 Å². The van der Waals surface area contributed by atoms with Crippen LogP contribution in [0.15, 0.2) is 4.60 Å². The Balaban J connectivity index is 2.94. The van der Waals surface area contributed by atoms with Crippen molar-refractivity contribution < 1.29 is 10.0 Å². The fourth-order valence-electron chi connectivity index (χ4n) is 0.923. The summed E-state index contributed by atoms with van der Waals surface area (Å²) in [5.41, 5.74) is 0.178. The van der Waals surface area contributed by atoms with E-state index in [1.807, 2.05) is 0 Å². The molecule has 1 aromatic heterocycles. The van der Waals surface area contributed by atoms with Crippen molar-refractivity contribution in [3.63, 3.8) is 0 Å². The van der Waals surface area contributed by atoms with Gasteiger partial charge >= 0.3 is 0 Å². The van der Waals surface area contributed by atoms with Crippen molar-refractivity contribution in [1.29, 1.82) is 0 Å². The monoisotopic (exact) mass is 264 g/mol. The first-order valence-corrected chi connectivity index (χ1v) is 4.61. The highest BCUT2D eigenvalue weighted by molar-refractivity contribution is 9.10. The second-order valence-corrected chi connectivity index (χ2v) is 3.59. The zero-order valence-corrected chi connectivity index (χ0v) is 9.17. The number of hydrogen-bond acceptors (Lipinski definition) is 5. The van der Waals surface area contributed by atoms with E-state index in [4.69, 9.17) is 0 Å². The van der Waals surface area contributed by atoms with Gasteiger partial charge in [-0.3, -0.25) is 10.1 Å². The molecule has 1 N–H and O–H groups in total. The average molecular weight is 265 g/mol. The maximum absolute atomic E-state index is 10.4. The van der Waals surface area contributed by atoms with E-state index in [2.05, 4.69) is 26.1 Å². The van der Waals surface area contributed by atoms with Crippen molar-refractivity contribution in [1.82, 2.24) is 15.0 Å². The van der Waals surface area contributed by atoms with E-state index in [-0.39, 0.29) is 5.69 Å². The molecule has 8 heteroatoms. The molecule has 0 aromatic carbocycles. The second-order valence-electron chi connectivity index (χ2n) is 2.84. The summed E-state index contributed by atoms with van der Waals surface area (Å²) in [6.45, 7) is 1.31. The van der Waals surface area contributed by atoms with E-state index >= 15 is 0 Å². The van der Waals surface area contributed by atoms with Gasteiger partial charge in [0.15, 0.2) is 10.7 Å². The van der Waals surface area contributed by atoms with Crippen LogP contribution in [-0.4, -0.2) is 31.1 Å². The largest absolute Gasteiger partial charge is 0.380 e. The van der Waals surface area contributed by atoms with Crippen molar-refractivity contribution in [2.45, 2.75) is 19.1 Å². The number of hydrogen-bond donors (Lipinski definition) is 1. The molecule has 0 saturated heterocycles. The van der Waals surface area contributed by atoms with Crippen LogP contribution in [0.25, 0.3) is 0 Å². The third kappa shape index (κ3) is 2.07. The number of aliphatic hydroxyl groups is 1. The van der Waals surface area contributed by atoms with Crippen molar-refractivity contribution in [3.8, 4) is 0 Å². The summed E-state index contributed by atoms with van der Waals surface area (Å²) >= 11 is 3.06. The minimum absolute atomic E-state index is 0.178. The van der Waals surface area contributed by atoms with Gasteiger partial charge in [0.2, 0.25) is 6.04 Å². The number of aryl methyl sites for hydroxylation is 1. The van der Waals surface area contributed by atoms with Gasteiger partial charge in [0.25, 0.3) is 0 Å². The molecule has 1 aromatic rings. The molecule has 0 saturated carbocycles. The molecule has 1 heterocycles. The zero-order valence-electron chi connectivity index (χ0n) is 7.59. The Morgan fingerprint density at radius 1 is 1.64 bits per heavy atom. The van der Waals surface area contributed by atoms with Crippen molar-refractivity contribution in [3.05, 3.63) is 20.4 Å². The fourth-order valence-corrected chi connectivity index (χ4v) is 1.47. The van der Waals surface area contributed by atoms with Gasteiger partial charge in [0, 0.05) is 18.9 Å². The summed E-state index contributed by atoms with van der Waals surface area (Å²) in [5.74, 6) is 0. The summed E-state index contributed by atoms with van der Waals surface area (Å²) in [5, 5.41) is 27.6. The van der Waals surface area contributed by atoms with E-state index in [1.54, 1.807) is 7.05 Å². The minimum atomic E-state index is -1.26. The zero-order chi connectivity index (χ0) is 10.9. The van der Waals surface area contributed by atoms with Gasteiger partial charge in [0.1, 0.15) is 5.69 Å². The Morgan fingerprint density at radius 3 is 2.57 bits per heavy atom. The van der Waals surface area contributed by atoms with Crippen LogP contribution in [0.3, 0.4) is 0 Å². The number of nitrogens with zero attached hydrogens (tertiary/aromatic N) is 4. The van der Waals surface area contributed by atoms with Crippen LogP contribution in [0.2, 0.25) is 0 Å².